The van der Waals surface area contributed by atoms with Crippen molar-refractivity contribution in [3.63, 3.8) is 0 Å². The minimum absolute atomic E-state index is 0.0647. The number of aromatic nitrogens is 4. The fraction of sp³-hybridized carbons (Fsp3) is 0.389. The number of amides is 1. The van der Waals surface area contributed by atoms with Crippen molar-refractivity contribution >= 4 is 16.9 Å². The summed E-state index contributed by atoms with van der Waals surface area (Å²) in [5.74, 6) is 0.985. The van der Waals surface area contributed by atoms with Crippen LogP contribution < -0.4 is 10.6 Å². The van der Waals surface area contributed by atoms with Crippen molar-refractivity contribution in [3.8, 4) is 0 Å². The van der Waals surface area contributed by atoms with Crippen LogP contribution in [0.25, 0.3) is 11.0 Å². The van der Waals surface area contributed by atoms with Crippen molar-refractivity contribution in [1.82, 2.24) is 35.1 Å². The number of carbonyl (C=O) groups is 1. The number of piperazine rings is 1. The number of aryl methyl sites for hydroxylation is 1. The van der Waals surface area contributed by atoms with Gasteiger partial charge in [0.1, 0.15) is 5.82 Å². The minimum Gasteiger partial charge on any atom is -0.351 e. The van der Waals surface area contributed by atoms with Gasteiger partial charge in [0, 0.05) is 57.7 Å². The average molecular weight is 353 g/mol. The van der Waals surface area contributed by atoms with E-state index in [1.165, 1.54) is 0 Å². The number of rotatable bonds is 5. The van der Waals surface area contributed by atoms with Gasteiger partial charge >= 0.3 is 0 Å². The summed E-state index contributed by atoms with van der Waals surface area (Å²) in [6, 6.07) is 5.72. The molecule has 0 spiro atoms. The number of H-pyrrole nitrogens is 1. The number of fused-ring (bicyclic) bond motifs is 1. The van der Waals surface area contributed by atoms with E-state index in [1.807, 2.05) is 31.6 Å². The van der Waals surface area contributed by atoms with Crippen LogP contribution in [0, 0.1) is 0 Å². The summed E-state index contributed by atoms with van der Waals surface area (Å²) in [4.78, 5) is 26.5. The fourth-order valence-corrected chi connectivity index (χ4v) is 3.46. The van der Waals surface area contributed by atoms with Gasteiger partial charge in [0.15, 0.2) is 0 Å². The molecule has 1 atom stereocenters. The highest BCUT2D eigenvalue weighted by atomic mass is 16.1. The molecule has 1 saturated heterocycles. The summed E-state index contributed by atoms with van der Waals surface area (Å²) < 4.78 is 2.06. The lowest BCUT2D eigenvalue weighted by molar-refractivity contribution is 0.0937. The second-order valence-electron chi connectivity index (χ2n) is 6.54. The van der Waals surface area contributed by atoms with Crippen LogP contribution in [-0.4, -0.2) is 63.0 Å². The average Bonchev–Trinajstić information content (AvgIpc) is 3.30. The topological polar surface area (TPSA) is 90.9 Å². The van der Waals surface area contributed by atoms with E-state index < -0.39 is 0 Å². The highest BCUT2D eigenvalue weighted by Crippen LogP contribution is 2.19. The van der Waals surface area contributed by atoms with E-state index in [9.17, 15) is 4.79 Å². The third-order valence-corrected chi connectivity index (χ3v) is 4.88. The smallest absolute Gasteiger partial charge is 0.251 e. The highest BCUT2D eigenvalue weighted by Gasteiger charge is 2.26. The lowest BCUT2D eigenvalue weighted by atomic mass is 10.1. The van der Waals surface area contributed by atoms with Gasteiger partial charge in [-0.1, -0.05) is 0 Å². The quantitative estimate of drug-likeness (QED) is 0.627. The molecular weight excluding hydrogens is 330 g/mol. The maximum Gasteiger partial charge on any atom is 0.251 e. The molecule has 3 aromatic rings. The number of imidazole rings is 2. The maximum absolute atomic E-state index is 12.4. The van der Waals surface area contributed by atoms with Gasteiger partial charge in [-0.15, -0.1) is 0 Å². The first-order chi connectivity index (χ1) is 12.7. The molecule has 1 unspecified atom stereocenters. The van der Waals surface area contributed by atoms with Crippen LogP contribution in [0.1, 0.15) is 22.2 Å². The van der Waals surface area contributed by atoms with Crippen LogP contribution in [0.4, 0.5) is 0 Å². The second-order valence-corrected chi connectivity index (χ2v) is 6.54. The van der Waals surface area contributed by atoms with Crippen molar-refractivity contribution in [2.24, 2.45) is 7.05 Å². The number of carbonyl (C=O) groups excluding carboxylic acids is 1. The Morgan fingerprint density at radius 3 is 3.15 bits per heavy atom. The third kappa shape index (κ3) is 3.33. The zero-order valence-corrected chi connectivity index (χ0v) is 14.8. The molecule has 0 radical (unpaired) electrons. The Morgan fingerprint density at radius 2 is 2.31 bits per heavy atom. The Hall–Kier alpha value is -2.71. The SMILES string of the molecule is Cn1ccnc1C1CNCCN1CCNC(=O)c1ccc2nc[nH]c2c1. The van der Waals surface area contributed by atoms with Crippen LogP contribution in [0.2, 0.25) is 0 Å². The van der Waals surface area contributed by atoms with E-state index >= 15 is 0 Å². The van der Waals surface area contributed by atoms with Gasteiger partial charge in [-0.25, -0.2) is 9.97 Å². The summed E-state index contributed by atoms with van der Waals surface area (Å²) >= 11 is 0. The molecule has 0 aliphatic carbocycles. The summed E-state index contributed by atoms with van der Waals surface area (Å²) in [5.41, 5.74) is 2.37. The predicted octanol–water partition coefficient (Wildman–Crippen LogP) is 0.673. The van der Waals surface area contributed by atoms with Crippen molar-refractivity contribution in [1.29, 1.82) is 0 Å². The molecule has 0 saturated carbocycles. The van der Waals surface area contributed by atoms with Gasteiger partial charge in [0.2, 0.25) is 0 Å². The van der Waals surface area contributed by atoms with E-state index in [0.717, 1.165) is 43.0 Å². The Bertz CT molecular complexity index is 900. The number of nitrogens with one attached hydrogen (secondary N) is 3. The normalized spacial score (nSPS) is 18.3. The molecule has 4 rings (SSSR count). The predicted molar refractivity (Wildman–Crippen MR) is 98.8 cm³/mol. The lowest BCUT2D eigenvalue weighted by Gasteiger charge is -2.35. The van der Waals surface area contributed by atoms with Crippen molar-refractivity contribution < 1.29 is 4.79 Å². The number of benzene rings is 1. The van der Waals surface area contributed by atoms with Crippen LogP contribution in [0.15, 0.2) is 36.9 Å². The van der Waals surface area contributed by atoms with Crippen molar-refractivity contribution in [2.45, 2.75) is 6.04 Å². The Kier molecular flexibility index (Phi) is 4.68. The molecule has 1 aliphatic heterocycles. The van der Waals surface area contributed by atoms with Crippen LogP contribution >= 0.6 is 0 Å². The molecule has 3 heterocycles. The largest absolute Gasteiger partial charge is 0.351 e. The van der Waals surface area contributed by atoms with Crippen LogP contribution in [-0.2, 0) is 7.05 Å². The molecule has 1 aromatic carbocycles. The molecule has 2 aromatic heterocycles. The Morgan fingerprint density at radius 1 is 1.38 bits per heavy atom. The summed E-state index contributed by atoms with van der Waals surface area (Å²) in [6.45, 7) is 4.15. The summed E-state index contributed by atoms with van der Waals surface area (Å²) in [6.07, 6.45) is 5.43. The van der Waals surface area contributed by atoms with Gasteiger partial charge in [-0.2, -0.15) is 0 Å². The van der Waals surface area contributed by atoms with Crippen molar-refractivity contribution in [3.05, 3.63) is 48.3 Å². The number of hydrogen-bond acceptors (Lipinski definition) is 5. The van der Waals surface area contributed by atoms with Crippen LogP contribution in [0.5, 0.6) is 0 Å². The Balaban J connectivity index is 1.36. The van der Waals surface area contributed by atoms with E-state index in [-0.39, 0.29) is 11.9 Å². The molecule has 26 heavy (non-hydrogen) atoms. The second kappa shape index (κ2) is 7.27. The molecule has 8 heteroatoms. The van der Waals surface area contributed by atoms with Crippen molar-refractivity contribution in [2.75, 3.05) is 32.7 Å². The van der Waals surface area contributed by atoms with Gasteiger partial charge in [-0.3, -0.25) is 9.69 Å². The minimum atomic E-state index is -0.0647. The Labute approximate surface area is 151 Å². The number of aromatic amines is 1. The van der Waals surface area contributed by atoms with Crippen LogP contribution in [0.3, 0.4) is 0 Å². The molecule has 1 fully saturated rings. The molecule has 3 N–H and O–H groups in total. The first-order valence-electron chi connectivity index (χ1n) is 8.86. The van der Waals surface area contributed by atoms with E-state index in [4.69, 9.17) is 0 Å². The van der Waals surface area contributed by atoms with Gasteiger partial charge in [0.05, 0.1) is 23.4 Å². The highest BCUT2D eigenvalue weighted by molar-refractivity contribution is 5.97. The first kappa shape index (κ1) is 16.7. The zero-order chi connectivity index (χ0) is 17.9. The standard InChI is InChI=1S/C18H23N7O/c1-24-7-5-20-17(24)16-11-19-4-8-25(16)9-6-21-18(26)13-2-3-14-15(10-13)23-12-22-14/h2-3,5,7,10,12,16,19H,4,6,8-9,11H2,1H3,(H,21,26)(H,22,23). The molecule has 1 aliphatic rings. The molecule has 8 nitrogen and oxygen atoms in total. The molecule has 0 bridgehead atoms. The third-order valence-electron chi connectivity index (χ3n) is 4.88. The molecule has 136 valence electrons. The van der Waals surface area contributed by atoms with E-state index in [2.05, 4.69) is 35.1 Å². The summed E-state index contributed by atoms with van der Waals surface area (Å²) in [5, 5.41) is 6.45. The summed E-state index contributed by atoms with van der Waals surface area (Å²) in [7, 11) is 2.02. The van der Waals surface area contributed by atoms with E-state index in [0.29, 0.717) is 12.1 Å². The lowest BCUT2D eigenvalue weighted by Crippen LogP contribution is -2.49. The monoisotopic (exact) mass is 353 g/mol. The number of hydrogen-bond donors (Lipinski definition) is 3. The maximum atomic E-state index is 12.4. The number of nitrogens with zero attached hydrogens (tertiary/aromatic N) is 4. The van der Waals surface area contributed by atoms with Gasteiger partial charge in [-0.05, 0) is 18.2 Å². The van der Waals surface area contributed by atoms with E-state index in [1.54, 1.807) is 12.4 Å². The van der Waals surface area contributed by atoms with Gasteiger partial charge in [0.25, 0.3) is 5.91 Å². The zero-order valence-electron chi connectivity index (χ0n) is 14.8. The fourth-order valence-electron chi connectivity index (χ4n) is 3.46. The molecule has 1 amide bonds. The molecular formula is C18H23N7O. The first-order valence-corrected chi connectivity index (χ1v) is 8.86. The van der Waals surface area contributed by atoms with Gasteiger partial charge < -0.3 is 20.2 Å².